The van der Waals surface area contributed by atoms with E-state index in [1.807, 2.05) is 35.7 Å². The van der Waals surface area contributed by atoms with Gasteiger partial charge in [0, 0.05) is 23.9 Å². The van der Waals surface area contributed by atoms with Gasteiger partial charge in [0.2, 0.25) is 0 Å². The molecule has 5 nitrogen and oxygen atoms in total. The molecule has 0 bridgehead atoms. The largest absolute Gasteiger partial charge is 0.480 e. The summed E-state index contributed by atoms with van der Waals surface area (Å²) in [6.45, 7) is 0.850. The first kappa shape index (κ1) is 14.2. The number of aliphatic hydroxyl groups is 1. The van der Waals surface area contributed by atoms with Crippen molar-refractivity contribution < 1.29 is 15.0 Å². The molecular formula is C15H16N2O3S. The Morgan fingerprint density at radius 1 is 1.38 bits per heavy atom. The lowest BCUT2D eigenvalue weighted by Gasteiger charge is -2.18. The van der Waals surface area contributed by atoms with Gasteiger partial charge in [-0.2, -0.15) is 0 Å². The van der Waals surface area contributed by atoms with E-state index in [9.17, 15) is 15.0 Å². The summed E-state index contributed by atoms with van der Waals surface area (Å²) >= 11 is 1.52. The summed E-state index contributed by atoms with van der Waals surface area (Å²) in [4.78, 5) is 17.5. The number of aliphatic hydroxyl groups excluding tert-OH is 1. The molecule has 1 saturated heterocycles. The lowest BCUT2D eigenvalue weighted by Crippen LogP contribution is -2.35. The molecule has 3 rings (SSSR count). The molecule has 110 valence electrons. The molecule has 1 aromatic heterocycles. The number of carboxylic acids is 1. The molecule has 0 spiro atoms. The topological polar surface area (TPSA) is 73.7 Å². The molecule has 2 atom stereocenters. The number of aromatic nitrogens is 1. The smallest absolute Gasteiger partial charge is 0.321 e. The molecule has 1 aliphatic heterocycles. The first-order valence-corrected chi connectivity index (χ1v) is 7.66. The van der Waals surface area contributed by atoms with Crippen LogP contribution in [-0.4, -0.2) is 44.8 Å². The zero-order valence-corrected chi connectivity index (χ0v) is 12.2. The number of carboxylic acid groups (broad SMARTS) is 1. The predicted octanol–water partition coefficient (Wildman–Crippen LogP) is 1.83. The second-order valence-electron chi connectivity index (χ2n) is 5.17. The number of rotatable bonds is 4. The Morgan fingerprint density at radius 3 is 2.86 bits per heavy atom. The Balaban J connectivity index is 1.74. The average Bonchev–Trinajstić information content (AvgIpc) is 3.07. The van der Waals surface area contributed by atoms with E-state index in [1.54, 1.807) is 4.90 Å². The van der Waals surface area contributed by atoms with Crippen molar-refractivity contribution in [1.82, 2.24) is 9.88 Å². The molecule has 0 aliphatic carbocycles. The summed E-state index contributed by atoms with van der Waals surface area (Å²) in [5.41, 5.74) is 1.96. The molecule has 1 fully saturated rings. The van der Waals surface area contributed by atoms with Crippen LogP contribution in [0.25, 0.3) is 11.3 Å². The van der Waals surface area contributed by atoms with E-state index in [4.69, 9.17) is 0 Å². The average molecular weight is 304 g/mol. The van der Waals surface area contributed by atoms with Crippen LogP contribution >= 0.6 is 11.3 Å². The molecule has 0 amide bonds. The maximum atomic E-state index is 11.2. The van der Waals surface area contributed by atoms with Gasteiger partial charge in [0.25, 0.3) is 0 Å². The molecule has 6 heteroatoms. The Kier molecular flexibility index (Phi) is 4.01. The Labute approximate surface area is 126 Å². The maximum Gasteiger partial charge on any atom is 0.321 e. The molecule has 2 aromatic rings. The second-order valence-corrected chi connectivity index (χ2v) is 6.11. The van der Waals surface area contributed by atoms with E-state index >= 15 is 0 Å². The highest BCUT2D eigenvalue weighted by atomic mass is 32.1. The lowest BCUT2D eigenvalue weighted by molar-refractivity contribution is -0.142. The van der Waals surface area contributed by atoms with Crippen molar-refractivity contribution in [2.45, 2.75) is 25.1 Å². The van der Waals surface area contributed by atoms with Crippen LogP contribution in [-0.2, 0) is 11.3 Å². The molecule has 0 unspecified atom stereocenters. The van der Waals surface area contributed by atoms with Crippen LogP contribution in [0.4, 0.5) is 0 Å². The number of nitrogens with zero attached hydrogens (tertiary/aromatic N) is 2. The van der Waals surface area contributed by atoms with Gasteiger partial charge in [0.1, 0.15) is 11.0 Å². The van der Waals surface area contributed by atoms with Gasteiger partial charge in [-0.15, -0.1) is 11.3 Å². The number of hydrogen-bond acceptors (Lipinski definition) is 5. The fourth-order valence-corrected chi connectivity index (χ4v) is 3.44. The van der Waals surface area contributed by atoms with Gasteiger partial charge in [-0.05, 0) is 0 Å². The first-order valence-electron chi connectivity index (χ1n) is 6.78. The maximum absolute atomic E-state index is 11.2. The normalized spacial score (nSPS) is 22.5. The molecule has 2 heterocycles. The summed E-state index contributed by atoms with van der Waals surface area (Å²) < 4.78 is 0. The van der Waals surface area contributed by atoms with Crippen LogP contribution in [0.3, 0.4) is 0 Å². The summed E-state index contributed by atoms with van der Waals surface area (Å²) in [7, 11) is 0. The van der Waals surface area contributed by atoms with Crippen LogP contribution in [0.15, 0.2) is 35.7 Å². The zero-order valence-electron chi connectivity index (χ0n) is 11.3. The van der Waals surface area contributed by atoms with E-state index in [0.717, 1.165) is 16.3 Å². The predicted molar refractivity (Wildman–Crippen MR) is 80.0 cm³/mol. The third kappa shape index (κ3) is 3.12. The van der Waals surface area contributed by atoms with Gasteiger partial charge in [0.05, 0.1) is 18.3 Å². The number of likely N-dealkylation sites (tertiary alicyclic amines) is 1. The van der Waals surface area contributed by atoms with Gasteiger partial charge < -0.3 is 10.2 Å². The Morgan fingerprint density at radius 2 is 2.14 bits per heavy atom. The fourth-order valence-electron chi connectivity index (χ4n) is 2.61. The lowest BCUT2D eigenvalue weighted by atomic mass is 10.2. The van der Waals surface area contributed by atoms with Gasteiger partial charge in [0.15, 0.2) is 0 Å². The molecule has 21 heavy (non-hydrogen) atoms. The van der Waals surface area contributed by atoms with Crippen molar-refractivity contribution in [1.29, 1.82) is 0 Å². The number of carbonyl (C=O) groups is 1. The highest BCUT2D eigenvalue weighted by molar-refractivity contribution is 7.09. The minimum Gasteiger partial charge on any atom is -0.480 e. The quantitative estimate of drug-likeness (QED) is 0.901. The van der Waals surface area contributed by atoms with E-state index in [1.165, 1.54) is 11.3 Å². The molecule has 2 N–H and O–H groups in total. The Bertz CT molecular complexity index is 629. The van der Waals surface area contributed by atoms with Crippen LogP contribution < -0.4 is 0 Å². The van der Waals surface area contributed by atoms with Crippen LogP contribution in [0, 0.1) is 0 Å². The number of benzene rings is 1. The standard InChI is InChI=1S/C15H16N2O3S/c18-11-6-13(15(19)20)17(7-11)8-14-16-12(9-21-14)10-4-2-1-3-5-10/h1-5,9,11,13,18H,6-8H2,(H,19,20)/t11-,13+/m1/s1. The number of thiazole rings is 1. The molecule has 0 saturated carbocycles. The number of hydrogen-bond donors (Lipinski definition) is 2. The molecule has 0 radical (unpaired) electrons. The van der Waals surface area contributed by atoms with Gasteiger partial charge in [-0.1, -0.05) is 30.3 Å². The third-order valence-electron chi connectivity index (χ3n) is 3.63. The summed E-state index contributed by atoms with van der Waals surface area (Å²) in [5.74, 6) is -0.883. The fraction of sp³-hybridized carbons (Fsp3) is 0.333. The van der Waals surface area contributed by atoms with Gasteiger partial charge >= 0.3 is 5.97 Å². The van der Waals surface area contributed by atoms with E-state index in [-0.39, 0.29) is 6.42 Å². The monoisotopic (exact) mass is 304 g/mol. The molecule has 1 aromatic carbocycles. The van der Waals surface area contributed by atoms with Gasteiger partial charge in [-0.3, -0.25) is 9.69 Å². The third-order valence-corrected chi connectivity index (χ3v) is 4.46. The summed E-state index contributed by atoms with van der Waals surface area (Å²) in [6, 6.07) is 9.26. The van der Waals surface area contributed by atoms with Crippen molar-refractivity contribution in [2.75, 3.05) is 6.54 Å². The highest BCUT2D eigenvalue weighted by Gasteiger charge is 2.36. The minimum atomic E-state index is -0.883. The SMILES string of the molecule is O=C(O)[C@@H]1C[C@@H](O)CN1Cc1nc(-c2ccccc2)cs1. The van der Waals surface area contributed by atoms with Crippen LogP contribution in [0.5, 0.6) is 0 Å². The van der Waals surface area contributed by atoms with Crippen molar-refractivity contribution >= 4 is 17.3 Å². The molecular weight excluding hydrogens is 288 g/mol. The highest BCUT2D eigenvalue weighted by Crippen LogP contribution is 2.25. The zero-order chi connectivity index (χ0) is 14.8. The van der Waals surface area contributed by atoms with Crippen molar-refractivity contribution in [3.05, 3.63) is 40.7 Å². The van der Waals surface area contributed by atoms with Crippen molar-refractivity contribution in [3.63, 3.8) is 0 Å². The Hall–Kier alpha value is -1.76. The first-order chi connectivity index (χ1) is 10.1. The van der Waals surface area contributed by atoms with Gasteiger partial charge in [-0.25, -0.2) is 4.98 Å². The van der Waals surface area contributed by atoms with E-state index < -0.39 is 18.1 Å². The van der Waals surface area contributed by atoms with Crippen molar-refractivity contribution in [2.24, 2.45) is 0 Å². The summed E-state index contributed by atoms with van der Waals surface area (Å²) in [5, 5.41) is 21.7. The van der Waals surface area contributed by atoms with E-state index in [0.29, 0.717) is 13.1 Å². The number of β-amino-alcohol motifs (C(OH)–C–C–N with tert-alkyl or cyclic N) is 1. The second kappa shape index (κ2) is 5.93. The summed E-state index contributed by atoms with van der Waals surface area (Å²) in [6.07, 6.45) is -0.286. The van der Waals surface area contributed by atoms with Crippen LogP contribution in [0.1, 0.15) is 11.4 Å². The molecule has 1 aliphatic rings. The minimum absolute atomic E-state index is 0.284. The van der Waals surface area contributed by atoms with Crippen LogP contribution in [0.2, 0.25) is 0 Å². The van der Waals surface area contributed by atoms with E-state index in [2.05, 4.69) is 4.98 Å². The number of aliphatic carboxylic acids is 1. The van der Waals surface area contributed by atoms with Crippen molar-refractivity contribution in [3.8, 4) is 11.3 Å².